The van der Waals surface area contributed by atoms with Crippen molar-refractivity contribution in [2.24, 2.45) is 0 Å². The first-order valence-electron chi connectivity index (χ1n) is 5.21. The number of amides is 2. The highest BCUT2D eigenvalue weighted by Gasteiger charge is 2.30. The summed E-state index contributed by atoms with van der Waals surface area (Å²) in [6.07, 6.45) is -0.714. The minimum absolute atomic E-state index is 0.312. The molecule has 4 N–H and O–H groups in total. The zero-order valence-corrected chi connectivity index (χ0v) is 10.5. The number of nitrogens with zero attached hydrogens (tertiary/aromatic N) is 1. The first kappa shape index (κ1) is 16.2. The largest absolute Gasteiger partial charge is 0.481 e. The molecule has 0 fully saturated rings. The van der Waals surface area contributed by atoms with Crippen LogP contribution in [0.25, 0.3) is 0 Å². The summed E-state index contributed by atoms with van der Waals surface area (Å²) in [4.78, 5) is 34.0. The molecule has 0 bridgehead atoms. The summed E-state index contributed by atoms with van der Waals surface area (Å²) in [5.41, 5.74) is -0.879. The van der Waals surface area contributed by atoms with Gasteiger partial charge in [-0.2, -0.15) is 0 Å². The van der Waals surface area contributed by atoms with Gasteiger partial charge in [-0.3, -0.25) is 4.79 Å². The SMILES string of the molecule is CN(C(=O)N[C@H](CC(=O)O)C(=O)O)C(C)(C)CO. The van der Waals surface area contributed by atoms with Gasteiger partial charge in [0.2, 0.25) is 0 Å². The molecular weight excluding hydrogens is 244 g/mol. The minimum Gasteiger partial charge on any atom is -0.481 e. The number of urea groups is 1. The van der Waals surface area contributed by atoms with Crippen LogP contribution in [0.2, 0.25) is 0 Å². The van der Waals surface area contributed by atoms with Gasteiger partial charge < -0.3 is 25.5 Å². The molecule has 0 spiro atoms. The van der Waals surface area contributed by atoms with E-state index >= 15 is 0 Å². The van der Waals surface area contributed by atoms with E-state index in [4.69, 9.17) is 15.3 Å². The van der Waals surface area contributed by atoms with Gasteiger partial charge in [0.1, 0.15) is 6.04 Å². The second kappa shape index (κ2) is 6.20. The monoisotopic (exact) mass is 262 g/mol. The Morgan fingerprint density at radius 1 is 1.28 bits per heavy atom. The average Bonchev–Trinajstić information content (AvgIpc) is 2.26. The zero-order valence-electron chi connectivity index (χ0n) is 10.5. The average molecular weight is 262 g/mol. The Kier molecular flexibility index (Phi) is 5.57. The summed E-state index contributed by atoms with van der Waals surface area (Å²) in [6, 6.07) is -2.27. The molecule has 8 heteroatoms. The van der Waals surface area contributed by atoms with Gasteiger partial charge in [0.05, 0.1) is 18.6 Å². The van der Waals surface area contributed by atoms with Gasteiger partial charge >= 0.3 is 18.0 Å². The summed E-state index contributed by atoms with van der Waals surface area (Å²) < 4.78 is 0. The molecule has 2 amide bonds. The quantitative estimate of drug-likeness (QED) is 0.502. The maximum Gasteiger partial charge on any atom is 0.326 e. The number of carboxylic acid groups (broad SMARTS) is 2. The van der Waals surface area contributed by atoms with Gasteiger partial charge in [0, 0.05) is 7.05 Å². The Hall–Kier alpha value is -1.83. The van der Waals surface area contributed by atoms with Crippen molar-refractivity contribution in [3.05, 3.63) is 0 Å². The lowest BCUT2D eigenvalue weighted by atomic mass is 10.1. The van der Waals surface area contributed by atoms with Crippen molar-refractivity contribution < 1.29 is 29.7 Å². The second-order valence-corrected chi connectivity index (χ2v) is 4.47. The molecule has 8 nitrogen and oxygen atoms in total. The Morgan fingerprint density at radius 2 is 1.78 bits per heavy atom. The number of carboxylic acids is 2. The standard InChI is InChI=1S/C10H18N2O6/c1-10(2,5-13)12(3)9(18)11-6(8(16)17)4-7(14)15/h6,13H,4-5H2,1-3H3,(H,11,18)(H,14,15)(H,16,17)/t6-/m1/s1. The van der Waals surface area contributed by atoms with Crippen LogP contribution in [0, 0.1) is 0 Å². The molecule has 0 aromatic carbocycles. The maximum atomic E-state index is 11.7. The zero-order chi connectivity index (χ0) is 14.5. The molecule has 0 heterocycles. The second-order valence-electron chi connectivity index (χ2n) is 4.47. The maximum absolute atomic E-state index is 11.7. The number of aliphatic carboxylic acids is 2. The number of hydrogen-bond acceptors (Lipinski definition) is 4. The smallest absolute Gasteiger partial charge is 0.326 e. The van der Waals surface area contributed by atoms with Gasteiger partial charge in [-0.1, -0.05) is 0 Å². The van der Waals surface area contributed by atoms with Crippen LogP contribution < -0.4 is 5.32 Å². The van der Waals surface area contributed by atoms with E-state index in [0.717, 1.165) is 4.90 Å². The van der Waals surface area contributed by atoms with Crippen molar-refractivity contribution in [2.45, 2.75) is 31.8 Å². The number of carbonyl (C=O) groups excluding carboxylic acids is 1. The molecule has 0 saturated heterocycles. The van der Waals surface area contributed by atoms with E-state index in [-0.39, 0.29) is 6.61 Å². The molecule has 1 atom stereocenters. The van der Waals surface area contributed by atoms with Crippen molar-refractivity contribution in [2.75, 3.05) is 13.7 Å². The highest BCUT2D eigenvalue weighted by atomic mass is 16.4. The first-order valence-corrected chi connectivity index (χ1v) is 5.21. The molecule has 0 saturated carbocycles. The highest BCUT2D eigenvalue weighted by Crippen LogP contribution is 2.11. The Balaban J connectivity index is 4.70. The lowest BCUT2D eigenvalue weighted by molar-refractivity contribution is -0.145. The molecule has 0 unspecified atom stereocenters. The van der Waals surface area contributed by atoms with Gasteiger partial charge in [0.15, 0.2) is 0 Å². The molecule has 18 heavy (non-hydrogen) atoms. The summed E-state index contributed by atoms with van der Waals surface area (Å²) >= 11 is 0. The predicted molar refractivity (Wildman–Crippen MR) is 61.1 cm³/mol. The van der Waals surface area contributed by atoms with Crippen molar-refractivity contribution in [3.63, 3.8) is 0 Å². The van der Waals surface area contributed by atoms with Crippen molar-refractivity contribution in [1.29, 1.82) is 0 Å². The molecular formula is C10H18N2O6. The van der Waals surface area contributed by atoms with Crippen LogP contribution in [-0.4, -0.2) is 63.4 Å². The number of carbonyl (C=O) groups is 3. The Bertz CT molecular complexity index is 341. The van der Waals surface area contributed by atoms with Crippen molar-refractivity contribution >= 4 is 18.0 Å². The minimum atomic E-state index is -1.51. The fourth-order valence-corrected chi connectivity index (χ4v) is 1.00. The molecule has 0 aliphatic carbocycles. The number of nitrogens with one attached hydrogen (secondary N) is 1. The molecule has 0 aliphatic heterocycles. The van der Waals surface area contributed by atoms with Gasteiger partial charge in [-0.25, -0.2) is 9.59 Å². The van der Waals surface area contributed by atoms with E-state index in [1.165, 1.54) is 7.05 Å². The van der Waals surface area contributed by atoms with Crippen molar-refractivity contribution in [1.82, 2.24) is 10.2 Å². The van der Waals surface area contributed by atoms with E-state index in [1.807, 2.05) is 0 Å². The van der Waals surface area contributed by atoms with Gasteiger partial charge in [-0.15, -0.1) is 0 Å². The molecule has 0 rings (SSSR count). The number of rotatable bonds is 6. The summed E-state index contributed by atoms with van der Waals surface area (Å²) in [5, 5.41) is 28.4. The van der Waals surface area contributed by atoms with E-state index in [1.54, 1.807) is 13.8 Å². The predicted octanol–water partition coefficient (Wildman–Crippen LogP) is -0.673. The first-order chi connectivity index (χ1) is 8.11. The molecule has 0 aliphatic rings. The Morgan fingerprint density at radius 3 is 2.11 bits per heavy atom. The van der Waals surface area contributed by atoms with Gasteiger partial charge in [-0.05, 0) is 13.8 Å². The van der Waals surface area contributed by atoms with Crippen LogP contribution in [0.4, 0.5) is 4.79 Å². The number of aliphatic hydroxyl groups is 1. The highest BCUT2D eigenvalue weighted by molar-refractivity contribution is 5.86. The molecule has 0 radical (unpaired) electrons. The fraction of sp³-hybridized carbons (Fsp3) is 0.700. The van der Waals surface area contributed by atoms with E-state index in [0.29, 0.717) is 0 Å². The van der Waals surface area contributed by atoms with Crippen LogP contribution in [0.5, 0.6) is 0 Å². The van der Waals surface area contributed by atoms with E-state index < -0.39 is 36.0 Å². The van der Waals surface area contributed by atoms with Crippen LogP contribution in [0.3, 0.4) is 0 Å². The van der Waals surface area contributed by atoms with Crippen LogP contribution in [0.1, 0.15) is 20.3 Å². The normalized spacial score (nSPS) is 12.7. The lowest BCUT2D eigenvalue weighted by Crippen LogP contribution is -2.55. The number of aliphatic hydroxyl groups excluding tert-OH is 1. The van der Waals surface area contributed by atoms with E-state index in [9.17, 15) is 14.4 Å². The molecule has 0 aromatic heterocycles. The van der Waals surface area contributed by atoms with E-state index in [2.05, 4.69) is 5.32 Å². The third-order valence-electron chi connectivity index (χ3n) is 2.57. The van der Waals surface area contributed by atoms with Crippen LogP contribution in [-0.2, 0) is 9.59 Å². The molecule has 0 aromatic rings. The summed E-state index contributed by atoms with van der Waals surface area (Å²) in [7, 11) is 1.38. The summed E-state index contributed by atoms with van der Waals surface area (Å²) in [6.45, 7) is 2.85. The summed E-state index contributed by atoms with van der Waals surface area (Å²) in [5.74, 6) is -2.76. The lowest BCUT2D eigenvalue weighted by Gasteiger charge is -2.34. The molecule has 104 valence electrons. The third-order valence-corrected chi connectivity index (χ3v) is 2.57. The topological polar surface area (TPSA) is 127 Å². The number of likely N-dealkylation sites (N-methyl/N-ethyl adjacent to an activating group) is 1. The van der Waals surface area contributed by atoms with Crippen LogP contribution in [0.15, 0.2) is 0 Å². The van der Waals surface area contributed by atoms with Crippen molar-refractivity contribution in [3.8, 4) is 0 Å². The Labute approximate surface area is 104 Å². The number of hydrogen-bond donors (Lipinski definition) is 4. The fourth-order valence-electron chi connectivity index (χ4n) is 1.00. The van der Waals surface area contributed by atoms with Crippen LogP contribution >= 0.6 is 0 Å². The third kappa shape index (κ3) is 4.58. The van der Waals surface area contributed by atoms with Gasteiger partial charge in [0.25, 0.3) is 0 Å².